The Hall–Kier alpha value is -2.88. The first kappa shape index (κ1) is 15.0. The summed E-state index contributed by atoms with van der Waals surface area (Å²) in [5.41, 5.74) is 4.12. The van der Waals surface area contributed by atoms with Crippen LogP contribution in [0.4, 0.5) is 0 Å². The topological polar surface area (TPSA) is 46.5 Å². The van der Waals surface area contributed by atoms with Crippen LogP contribution >= 0.6 is 0 Å². The number of hydrogen-bond acceptors (Lipinski definition) is 2. The highest BCUT2D eigenvalue weighted by atomic mass is 15.4. The van der Waals surface area contributed by atoms with Crippen molar-refractivity contribution in [3.63, 3.8) is 0 Å². The molecule has 0 amide bonds. The third-order valence-electron chi connectivity index (χ3n) is 3.95. The molecule has 1 N–H and O–H groups in total. The van der Waals surface area contributed by atoms with Crippen LogP contribution < -0.4 is 10.6 Å². The van der Waals surface area contributed by atoms with Gasteiger partial charge in [-0.25, -0.2) is 4.68 Å². The molecule has 2 aromatic rings. The third-order valence-corrected chi connectivity index (χ3v) is 3.95. The van der Waals surface area contributed by atoms with Gasteiger partial charge in [-0.2, -0.15) is 0 Å². The van der Waals surface area contributed by atoms with Crippen molar-refractivity contribution in [3.8, 4) is 0 Å². The summed E-state index contributed by atoms with van der Waals surface area (Å²) in [7, 11) is 0. The Balaban J connectivity index is 1.99. The van der Waals surface area contributed by atoms with Gasteiger partial charge < -0.3 is 4.98 Å². The van der Waals surface area contributed by atoms with E-state index in [2.05, 4.69) is 46.2 Å². The third kappa shape index (κ3) is 2.88. The number of hydrogen-bond donors (Lipinski definition) is 1. The normalized spacial score (nSPS) is 14.7. The Morgan fingerprint density at radius 2 is 2.26 bits per heavy atom. The lowest BCUT2D eigenvalue weighted by molar-refractivity contribution is 0.805. The van der Waals surface area contributed by atoms with Crippen LogP contribution in [0.5, 0.6) is 0 Å². The molecule has 0 bridgehead atoms. The minimum atomic E-state index is 0.842. The fourth-order valence-electron chi connectivity index (χ4n) is 2.69. The molecule has 3 rings (SSSR count). The molecule has 116 valence electrons. The lowest BCUT2D eigenvalue weighted by Crippen LogP contribution is -2.20. The highest BCUT2D eigenvalue weighted by Gasteiger charge is 2.14. The minimum absolute atomic E-state index is 0.842. The predicted molar refractivity (Wildman–Crippen MR) is 95.6 cm³/mol. The van der Waals surface area contributed by atoms with Crippen LogP contribution in [0.2, 0.25) is 0 Å². The first-order valence-electron chi connectivity index (χ1n) is 7.67. The van der Waals surface area contributed by atoms with Gasteiger partial charge in [-0.05, 0) is 49.3 Å². The van der Waals surface area contributed by atoms with Crippen molar-refractivity contribution in [1.29, 1.82) is 0 Å². The van der Waals surface area contributed by atoms with Gasteiger partial charge in [-0.1, -0.05) is 42.2 Å². The summed E-state index contributed by atoms with van der Waals surface area (Å²) in [6.07, 6.45) is 16.9. The summed E-state index contributed by atoms with van der Waals surface area (Å²) in [4.78, 5) is 3.24. The second-order valence-corrected chi connectivity index (χ2v) is 5.36. The number of allylic oxidation sites excluding steroid dienone is 7. The van der Waals surface area contributed by atoms with Crippen molar-refractivity contribution in [2.75, 3.05) is 0 Å². The molecule has 4 heteroatoms. The quantitative estimate of drug-likeness (QED) is 0.883. The Morgan fingerprint density at radius 1 is 1.39 bits per heavy atom. The molecule has 0 spiro atoms. The van der Waals surface area contributed by atoms with Crippen LogP contribution in [-0.2, 0) is 0 Å². The van der Waals surface area contributed by atoms with E-state index in [9.17, 15) is 0 Å². The van der Waals surface area contributed by atoms with E-state index < -0.39 is 0 Å². The first-order chi connectivity index (χ1) is 11.2. The number of rotatable bonds is 4. The molecule has 2 heterocycles. The number of H-pyrrole nitrogens is 1. The van der Waals surface area contributed by atoms with Crippen LogP contribution in [0.15, 0.2) is 49.2 Å². The Kier molecular flexibility index (Phi) is 4.24. The summed E-state index contributed by atoms with van der Waals surface area (Å²) in [6, 6.07) is 2.09. The average molecular weight is 304 g/mol. The van der Waals surface area contributed by atoms with Gasteiger partial charge >= 0.3 is 0 Å². The highest BCUT2D eigenvalue weighted by Crippen LogP contribution is 2.22. The number of aromatic nitrogens is 4. The zero-order chi connectivity index (χ0) is 16.2. The standard InChI is InChI=1S/C19H20N4/c1-4-6-7-17(5-2)23-14(3)19(21-22-23)16-9-8-15-12-13-20-18(15)11-10-16/h4-8,10-13,20H,1,9H2,2-3H3/b7-6-,17-5+. The smallest absolute Gasteiger partial charge is 0.112 e. The molecular weight excluding hydrogens is 284 g/mol. The zero-order valence-corrected chi connectivity index (χ0v) is 13.5. The second kappa shape index (κ2) is 6.48. The zero-order valence-electron chi connectivity index (χ0n) is 13.5. The van der Waals surface area contributed by atoms with E-state index in [0.29, 0.717) is 0 Å². The van der Waals surface area contributed by atoms with Crippen LogP contribution in [0.1, 0.15) is 24.7 Å². The maximum Gasteiger partial charge on any atom is 0.112 e. The highest BCUT2D eigenvalue weighted by molar-refractivity contribution is 5.75. The number of nitrogens with one attached hydrogen (secondary N) is 1. The van der Waals surface area contributed by atoms with E-state index in [4.69, 9.17) is 0 Å². The van der Waals surface area contributed by atoms with Crippen LogP contribution in [0, 0.1) is 6.92 Å². The molecule has 0 fully saturated rings. The van der Waals surface area contributed by atoms with Gasteiger partial charge in [-0.15, -0.1) is 5.10 Å². The molecular formula is C19H20N4. The van der Waals surface area contributed by atoms with E-state index in [1.54, 1.807) is 6.08 Å². The summed E-state index contributed by atoms with van der Waals surface area (Å²) in [5, 5.41) is 11.1. The molecule has 1 aliphatic rings. The van der Waals surface area contributed by atoms with Crippen molar-refractivity contribution < 1.29 is 0 Å². The number of aromatic amines is 1. The molecule has 0 saturated heterocycles. The molecule has 0 saturated carbocycles. The van der Waals surface area contributed by atoms with Crippen LogP contribution in [-0.4, -0.2) is 20.0 Å². The van der Waals surface area contributed by atoms with Crippen molar-refractivity contribution in [3.05, 3.63) is 71.2 Å². The Bertz CT molecular complexity index is 932. The monoisotopic (exact) mass is 304 g/mol. The first-order valence-corrected chi connectivity index (χ1v) is 7.67. The SMILES string of the molecule is C=C/C=C\C(=C/C)n1nnc(C2=CC=c3[nH]ccc3=CC2)c1C. The molecule has 23 heavy (non-hydrogen) atoms. The summed E-state index contributed by atoms with van der Waals surface area (Å²) < 4.78 is 1.86. The molecule has 4 nitrogen and oxygen atoms in total. The van der Waals surface area contributed by atoms with Gasteiger partial charge in [0.05, 0.1) is 11.4 Å². The molecule has 0 aromatic carbocycles. The maximum absolute atomic E-state index is 4.40. The van der Waals surface area contributed by atoms with Crippen molar-refractivity contribution in [2.24, 2.45) is 0 Å². The molecule has 0 radical (unpaired) electrons. The average Bonchev–Trinajstić information content (AvgIpc) is 3.11. The summed E-state index contributed by atoms with van der Waals surface area (Å²) in [6.45, 7) is 7.74. The van der Waals surface area contributed by atoms with Gasteiger partial charge in [0.25, 0.3) is 0 Å². The second-order valence-electron chi connectivity index (χ2n) is 5.36. The van der Waals surface area contributed by atoms with Gasteiger partial charge in [0.1, 0.15) is 5.69 Å². The van der Waals surface area contributed by atoms with E-state index in [-0.39, 0.29) is 0 Å². The van der Waals surface area contributed by atoms with E-state index >= 15 is 0 Å². The minimum Gasteiger partial charge on any atom is -0.361 e. The molecule has 0 aliphatic heterocycles. The van der Waals surface area contributed by atoms with Crippen LogP contribution in [0.3, 0.4) is 0 Å². The summed E-state index contributed by atoms with van der Waals surface area (Å²) in [5.74, 6) is 0. The Labute approximate surface area is 135 Å². The van der Waals surface area contributed by atoms with Crippen LogP contribution in [0.25, 0.3) is 23.4 Å². The predicted octanol–water partition coefficient (Wildman–Crippen LogP) is 2.57. The van der Waals surface area contributed by atoms with Gasteiger partial charge in [-0.3, -0.25) is 0 Å². The fourth-order valence-corrected chi connectivity index (χ4v) is 2.69. The maximum atomic E-state index is 4.40. The molecule has 1 aliphatic carbocycles. The van der Waals surface area contributed by atoms with Crippen molar-refractivity contribution in [2.45, 2.75) is 20.3 Å². The number of nitrogens with zero attached hydrogens (tertiary/aromatic N) is 3. The molecule has 0 unspecified atom stereocenters. The van der Waals surface area contributed by atoms with Gasteiger partial charge in [0.15, 0.2) is 0 Å². The fraction of sp³-hybridized carbons (Fsp3) is 0.158. The largest absolute Gasteiger partial charge is 0.361 e. The van der Waals surface area contributed by atoms with Crippen molar-refractivity contribution >= 4 is 23.4 Å². The summed E-state index contributed by atoms with van der Waals surface area (Å²) >= 11 is 0. The van der Waals surface area contributed by atoms with E-state index in [1.165, 1.54) is 10.8 Å². The number of fused-ring (bicyclic) bond motifs is 1. The lowest BCUT2D eigenvalue weighted by Gasteiger charge is -2.05. The van der Waals surface area contributed by atoms with Gasteiger partial charge in [0.2, 0.25) is 0 Å². The van der Waals surface area contributed by atoms with E-state index in [0.717, 1.165) is 28.9 Å². The van der Waals surface area contributed by atoms with Gasteiger partial charge in [0, 0.05) is 11.5 Å². The molecule has 2 aromatic heterocycles. The van der Waals surface area contributed by atoms with Crippen molar-refractivity contribution in [1.82, 2.24) is 20.0 Å². The lowest BCUT2D eigenvalue weighted by atomic mass is 10.1. The Morgan fingerprint density at radius 3 is 3.04 bits per heavy atom. The van der Waals surface area contributed by atoms with E-state index in [1.807, 2.05) is 43.0 Å². The molecule has 0 atom stereocenters.